The number of rotatable bonds is 2. The minimum absolute atomic E-state index is 0.705. The van der Waals surface area contributed by atoms with Crippen LogP contribution in [0.3, 0.4) is 0 Å². The maximum Gasteiger partial charge on any atom is 0.137 e. The van der Waals surface area contributed by atoms with Crippen LogP contribution in [-0.4, -0.2) is 9.97 Å². The quantitative estimate of drug-likeness (QED) is 0.782. The number of hydrogen-bond acceptors (Lipinski definition) is 2. The van der Waals surface area contributed by atoms with Crippen molar-refractivity contribution >= 4 is 23.1 Å². The third kappa shape index (κ3) is 1.79. The number of aryl methyl sites for hydroxylation is 2. The molecule has 0 atom stereocenters. The Morgan fingerprint density at radius 3 is 2.73 bits per heavy atom. The number of hydrogen-bond donors (Lipinski definition) is 1. The number of aromatic amines is 1. The summed E-state index contributed by atoms with van der Waals surface area (Å²) in [5.41, 5.74) is 2.45. The van der Waals surface area contributed by atoms with Crippen LogP contribution in [0.4, 0.5) is 0 Å². The molecule has 78 valence electrons. The van der Waals surface area contributed by atoms with Crippen LogP contribution >= 0.6 is 12.2 Å². The van der Waals surface area contributed by atoms with E-state index in [1.807, 2.05) is 12.1 Å². The second-order valence-electron chi connectivity index (χ2n) is 3.54. The molecular weight excluding hydrogens is 204 g/mol. The first-order valence-electron chi connectivity index (χ1n) is 5.27. The second-order valence-corrected chi connectivity index (χ2v) is 3.92. The molecule has 3 heteroatoms. The Kier molecular flexibility index (Phi) is 2.82. The van der Waals surface area contributed by atoms with Gasteiger partial charge in [-0.1, -0.05) is 38.2 Å². The molecule has 1 aromatic heterocycles. The number of para-hydroxylation sites is 1. The van der Waals surface area contributed by atoms with Gasteiger partial charge in [-0.25, -0.2) is 4.98 Å². The Morgan fingerprint density at radius 1 is 1.27 bits per heavy atom. The fourth-order valence-corrected chi connectivity index (χ4v) is 2.02. The van der Waals surface area contributed by atoms with Crippen molar-refractivity contribution in [2.24, 2.45) is 0 Å². The average Bonchev–Trinajstić information content (AvgIpc) is 2.28. The van der Waals surface area contributed by atoms with E-state index in [1.54, 1.807) is 0 Å². The van der Waals surface area contributed by atoms with E-state index in [9.17, 15) is 0 Å². The molecule has 2 rings (SSSR count). The average molecular weight is 218 g/mol. The number of nitrogens with one attached hydrogen (secondary N) is 1. The predicted molar refractivity (Wildman–Crippen MR) is 65.7 cm³/mol. The third-order valence-corrected chi connectivity index (χ3v) is 2.91. The lowest BCUT2D eigenvalue weighted by atomic mass is 10.1. The smallest absolute Gasteiger partial charge is 0.137 e. The summed E-state index contributed by atoms with van der Waals surface area (Å²) >= 11 is 5.28. The Morgan fingerprint density at radius 2 is 2.07 bits per heavy atom. The van der Waals surface area contributed by atoms with Gasteiger partial charge >= 0.3 is 0 Å². The van der Waals surface area contributed by atoms with Crippen LogP contribution in [-0.2, 0) is 12.8 Å². The molecule has 1 aromatic carbocycles. The van der Waals surface area contributed by atoms with E-state index in [0.717, 1.165) is 29.6 Å². The molecule has 0 spiro atoms. The summed E-state index contributed by atoms with van der Waals surface area (Å²) < 4.78 is 0.705. The van der Waals surface area contributed by atoms with Crippen molar-refractivity contribution in [1.82, 2.24) is 9.97 Å². The van der Waals surface area contributed by atoms with Crippen LogP contribution in [0.2, 0.25) is 0 Å². The van der Waals surface area contributed by atoms with E-state index in [2.05, 4.69) is 29.9 Å². The van der Waals surface area contributed by atoms with E-state index < -0.39 is 0 Å². The van der Waals surface area contributed by atoms with Crippen molar-refractivity contribution in [3.05, 3.63) is 34.2 Å². The van der Waals surface area contributed by atoms with E-state index in [1.165, 1.54) is 5.56 Å². The number of aromatic nitrogens is 2. The van der Waals surface area contributed by atoms with Crippen molar-refractivity contribution in [3.63, 3.8) is 0 Å². The van der Waals surface area contributed by atoms with Gasteiger partial charge < -0.3 is 4.98 Å². The minimum atomic E-state index is 0.705. The molecular formula is C12H14N2S. The Hall–Kier alpha value is -1.22. The van der Waals surface area contributed by atoms with Crippen LogP contribution in [0, 0.1) is 4.64 Å². The van der Waals surface area contributed by atoms with Crippen LogP contribution in [0.5, 0.6) is 0 Å². The third-order valence-electron chi connectivity index (χ3n) is 2.60. The largest absolute Gasteiger partial charge is 0.343 e. The minimum Gasteiger partial charge on any atom is -0.343 e. The van der Waals surface area contributed by atoms with E-state index in [-0.39, 0.29) is 0 Å². The lowest BCUT2D eigenvalue weighted by molar-refractivity contribution is 0.950. The predicted octanol–water partition coefficient (Wildman–Crippen LogP) is 3.42. The van der Waals surface area contributed by atoms with Gasteiger partial charge in [0.1, 0.15) is 10.5 Å². The molecule has 0 radical (unpaired) electrons. The highest BCUT2D eigenvalue weighted by atomic mass is 32.1. The Labute approximate surface area is 94.4 Å². The molecule has 0 saturated carbocycles. The molecule has 0 amide bonds. The van der Waals surface area contributed by atoms with Crippen LogP contribution in [0.1, 0.15) is 25.2 Å². The van der Waals surface area contributed by atoms with Gasteiger partial charge in [0.2, 0.25) is 0 Å². The maximum absolute atomic E-state index is 5.28. The van der Waals surface area contributed by atoms with E-state index in [4.69, 9.17) is 12.2 Å². The summed E-state index contributed by atoms with van der Waals surface area (Å²) in [6.07, 6.45) is 1.90. The highest BCUT2D eigenvalue weighted by Gasteiger charge is 2.03. The second kappa shape index (κ2) is 4.11. The Bertz CT molecular complexity index is 543. The van der Waals surface area contributed by atoms with Gasteiger partial charge in [-0.3, -0.25) is 0 Å². The molecule has 0 aliphatic carbocycles. The summed E-state index contributed by atoms with van der Waals surface area (Å²) in [6, 6.07) is 6.20. The first kappa shape index (κ1) is 10.3. The van der Waals surface area contributed by atoms with Gasteiger partial charge in [0.05, 0.1) is 5.52 Å². The molecule has 2 aromatic rings. The van der Waals surface area contributed by atoms with Crippen molar-refractivity contribution in [2.75, 3.05) is 0 Å². The molecule has 0 aliphatic rings. The van der Waals surface area contributed by atoms with Gasteiger partial charge in [0.15, 0.2) is 0 Å². The summed E-state index contributed by atoms with van der Waals surface area (Å²) in [7, 11) is 0. The molecule has 0 bridgehead atoms. The normalized spacial score (nSPS) is 10.8. The van der Waals surface area contributed by atoms with Gasteiger partial charge in [-0.05, 0) is 18.1 Å². The molecule has 0 fully saturated rings. The van der Waals surface area contributed by atoms with Crippen LogP contribution in [0.15, 0.2) is 18.2 Å². The topological polar surface area (TPSA) is 28.7 Å². The fourth-order valence-electron chi connectivity index (χ4n) is 1.74. The van der Waals surface area contributed by atoms with E-state index in [0.29, 0.717) is 4.64 Å². The molecule has 0 unspecified atom stereocenters. The lowest BCUT2D eigenvalue weighted by Crippen LogP contribution is -1.96. The zero-order chi connectivity index (χ0) is 10.8. The highest BCUT2D eigenvalue weighted by molar-refractivity contribution is 7.71. The van der Waals surface area contributed by atoms with E-state index >= 15 is 0 Å². The Balaban J connectivity index is 2.85. The first-order valence-corrected chi connectivity index (χ1v) is 5.67. The summed E-state index contributed by atoms with van der Waals surface area (Å²) in [5.74, 6) is 0.966. The number of benzene rings is 1. The fraction of sp³-hybridized carbons (Fsp3) is 0.333. The number of nitrogens with zero attached hydrogens (tertiary/aromatic N) is 1. The van der Waals surface area contributed by atoms with Gasteiger partial charge in [-0.15, -0.1) is 0 Å². The van der Waals surface area contributed by atoms with Gasteiger partial charge in [0, 0.05) is 11.8 Å². The summed E-state index contributed by atoms with van der Waals surface area (Å²) in [5, 5.41) is 1.06. The standard InChI is InChI=1S/C12H14N2S/c1-3-8-6-5-7-9-11(8)13-10(4-2)14-12(9)15/h5-7H,3-4H2,1-2H3,(H,13,14,15). The molecule has 1 N–H and O–H groups in total. The van der Waals surface area contributed by atoms with Gasteiger partial charge in [0.25, 0.3) is 0 Å². The molecule has 1 heterocycles. The summed E-state index contributed by atoms with van der Waals surface area (Å²) in [4.78, 5) is 7.71. The van der Waals surface area contributed by atoms with Crippen molar-refractivity contribution < 1.29 is 0 Å². The molecule has 0 aliphatic heterocycles. The van der Waals surface area contributed by atoms with Crippen molar-refractivity contribution in [1.29, 1.82) is 0 Å². The highest BCUT2D eigenvalue weighted by Crippen LogP contribution is 2.18. The van der Waals surface area contributed by atoms with Crippen molar-refractivity contribution in [3.8, 4) is 0 Å². The zero-order valence-electron chi connectivity index (χ0n) is 9.00. The molecule has 0 saturated heterocycles. The monoisotopic (exact) mass is 218 g/mol. The first-order chi connectivity index (χ1) is 7.26. The van der Waals surface area contributed by atoms with Crippen LogP contribution < -0.4 is 0 Å². The SMILES string of the molecule is CCc1nc(=S)c2cccc(CC)c2[nH]1. The van der Waals surface area contributed by atoms with Crippen LogP contribution in [0.25, 0.3) is 10.9 Å². The van der Waals surface area contributed by atoms with Gasteiger partial charge in [-0.2, -0.15) is 0 Å². The summed E-state index contributed by atoms with van der Waals surface area (Å²) in [6.45, 7) is 4.23. The number of fused-ring (bicyclic) bond motifs is 1. The molecule has 15 heavy (non-hydrogen) atoms. The zero-order valence-corrected chi connectivity index (χ0v) is 9.82. The lowest BCUT2D eigenvalue weighted by Gasteiger charge is -2.06. The van der Waals surface area contributed by atoms with Crippen molar-refractivity contribution in [2.45, 2.75) is 26.7 Å². The molecule has 2 nitrogen and oxygen atoms in total. The maximum atomic E-state index is 5.28. The number of H-pyrrole nitrogens is 1.